The summed E-state index contributed by atoms with van der Waals surface area (Å²) >= 11 is 12.3. The third-order valence-electron chi connectivity index (χ3n) is 5.82. The summed E-state index contributed by atoms with van der Waals surface area (Å²) in [6, 6.07) is 11.1. The lowest BCUT2D eigenvalue weighted by Gasteiger charge is -2.32. The summed E-state index contributed by atoms with van der Waals surface area (Å²) in [6.07, 6.45) is 1.80. The molecular weight excluding hydrogens is 423 g/mol. The quantitative estimate of drug-likeness (QED) is 0.657. The number of nitrogens with zero attached hydrogens (tertiary/aromatic N) is 3. The summed E-state index contributed by atoms with van der Waals surface area (Å²) < 4.78 is 3.19. The molecule has 6 nitrogen and oxygen atoms in total. The third kappa shape index (κ3) is 4.13. The monoisotopic (exact) mass is 446 g/mol. The average Bonchev–Trinajstić information content (AvgIpc) is 2.94. The molecule has 30 heavy (non-hydrogen) atoms. The van der Waals surface area contributed by atoms with Crippen molar-refractivity contribution >= 4 is 45.8 Å². The summed E-state index contributed by atoms with van der Waals surface area (Å²) in [7, 11) is 3.48. The van der Waals surface area contributed by atoms with E-state index in [1.54, 1.807) is 29.3 Å². The number of rotatable bonds is 4. The fraction of sp³-hybridized carbons (Fsp3) is 0.364. The van der Waals surface area contributed by atoms with Crippen molar-refractivity contribution in [2.24, 2.45) is 20.0 Å². The predicted molar refractivity (Wildman–Crippen MR) is 121 cm³/mol. The van der Waals surface area contributed by atoms with Crippen LogP contribution >= 0.6 is 23.2 Å². The van der Waals surface area contributed by atoms with E-state index in [1.165, 1.54) is 0 Å². The van der Waals surface area contributed by atoms with Crippen LogP contribution in [0, 0.1) is 5.92 Å². The highest BCUT2D eigenvalue weighted by Crippen LogP contribution is 2.26. The number of halogens is 2. The zero-order chi connectivity index (χ0) is 21.4. The first-order chi connectivity index (χ1) is 14.3. The number of anilines is 1. The van der Waals surface area contributed by atoms with Gasteiger partial charge in [-0.1, -0.05) is 29.3 Å². The van der Waals surface area contributed by atoms with Crippen LogP contribution in [0.5, 0.6) is 0 Å². The maximum Gasteiger partial charge on any atom is 0.328 e. The molecule has 1 N–H and O–H groups in total. The van der Waals surface area contributed by atoms with E-state index in [0.29, 0.717) is 28.8 Å². The molecule has 3 aromatic rings. The molecule has 1 aliphatic heterocycles. The fourth-order valence-electron chi connectivity index (χ4n) is 4.13. The van der Waals surface area contributed by atoms with Crippen molar-refractivity contribution in [1.82, 2.24) is 14.0 Å². The Morgan fingerprint density at radius 2 is 1.87 bits per heavy atom. The first-order valence-corrected chi connectivity index (χ1v) is 10.7. The van der Waals surface area contributed by atoms with Gasteiger partial charge in [0.2, 0.25) is 5.91 Å². The number of carbonyl (C=O) groups is 1. The molecule has 1 fully saturated rings. The third-order valence-corrected chi connectivity index (χ3v) is 6.41. The summed E-state index contributed by atoms with van der Waals surface area (Å²) in [4.78, 5) is 27.3. The molecule has 0 bridgehead atoms. The van der Waals surface area contributed by atoms with Crippen LogP contribution in [0.25, 0.3) is 11.0 Å². The van der Waals surface area contributed by atoms with Crippen molar-refractivity contribution in [2.45, 2.75) is 19.4 Å². The normalized spacial score (nSPS) is 17.4. The van der Waals surface area contributed by atoms with E-state index in [-0.39, 0.29) is 17.5 Å². The largest absolute Gasteiger partial charge is 0.328 e. The molecule has 1 aliphatic rings. The van der Waals surface area contributed by atoms with Crippen LogP contribution in [0.15, 0.2) is 41.2 Å². The number of hydrogen-bond acceptors (Lipinski definition) is 3. The molecule has 0 spiro atoms. The molecule has 1 saturated heterocycles. The minimum absolute atomic E-state index is 0.00202. The van der Waals surface area contributed by atoms with Crippen molar-refractivity contribution in [3.05, 3.63) is 62.5 Å². The molecule has 1 amide bonds. The van der Waals surface area contributed by atoms with Gasteiger partial charge in [-0.05, 0) is 55.3 Å². The van der Waals surface area contributed by atoms with Gasteiger partial charge in [-0.25, -0.2) is 4.79 Å². The molecule has 4 rings (SSSR count). The van der Waals surface area contributed by atoms with Crippen molar-refractivity contribution in [3.63, 3.8) is 0 Å². The second-order valence-electron chi connectivity index (χ2n) is 7.90. The zero-order valence-electron chi connectivity index (χ0n) is 17.0. The summed E-state index contributed by atoms with van der Waals surface area (Å²) in [5, 5.41) is 4.30. The van der Waals surface area contributed by atoms with Crippen LogP contribution in [0.2, 0.25) is 10.0 Å². The van der Waals surface area contributed by atoms with Crippen LogP contribution in [0.3, 0.4) is 0 Å². The van der Waals surface area contributed by atoms with Crippen molar-refractivity contribution in [2.75, 3.05) is 18.4 Å². The topological polar surface area (TPSA) is 59.3 Å². The molecule has 1 aromatic heterocycles. The number of aromatic nitrogens is 2. The molecule has 0 radical (unpaired) electrons. The Bertz CT molecular complexity index is 1170. The smallest absolute Gasteiger partial charge is 0.326 e. The van der Waals surface area contributed by atoms with E-state index in [1.807, 2.05) is 30.3 Å². The van der Waals surface area contributed by atoms with Crippen LogP contribution < -0.4 is 11.0 Å². The first-order valence-electron chi connectivity index (χ1n) is 9.96. The molecule has 2 aromatic carbocycles. The second-order valence-corrected chi connectivity index (χ2v) is 8.75. The van der Waals surface area contributed by atoms with Gasteiger partial charge in [-0.15, -0.1) is 0 Å². The molecule has 1 atom stereocenters. The van der Waals surface area contributed by atoms with Crippen molar-refractivity contribution < 1.29 is 4.79 Å². The molecule has 158 valence electrons. The Morgan fingerprint density at radius 1 is 1.10 bits per heavy atom. The molecule has 8 heteroatoms. The van der Waals surface area contributed by atoms with Crippen LogP contribution in [-0.2, 0) is 25.4 Å². The predicted octanol–water partition coefficient (Wildman–Crippen LogP) is 4.03. The van der Waals surface area contributed by atoms with Gasteiger partial charge in [0.1, 0.15) is 0 Å². The van der Waals surface area contributed by atoms with E-state index < -0.39 is 0 Å². The average molecular weight is 447 g/mol. The van der Waals surface area contributed by atoms with Gasteiger partial charge in [0, 0.05) is 42.9 Å². The maximum atomic E-state index is 12.9. The zero-order valence-corrected chi connectivity index (χ0v) is 18.5. The number of benzene rings is 2. The Labute approximate surface area is 185 Å². The number of likely N-dealkylation sites (tertiary alicyclic amines) is 1. The number of fused-ring (bicyclic) bond motifs is 1. The SMILES string of the molecule is Cn1c(=O)n(C)c2cc(NC(=O)C3CCCN(Cc4ccc(Cl)cc4Cl)C3)ccc21. The minimum Gasteiger partial charge on any atom is -0.326 e. The van der Waals surface area contributed by atoms with Crippen LogP contribution in [0.4, 0.5) is 5.69 Å². The van der Waals surface area contributed by atoms with E-state index in [9.17, 15) is 9.59 Å². The van der Waals surface area contributed by atoms with Gasteiger partial charge in [-0.2, -0.15) is 0 Å². The van der Waals surface area contributed by atoms with E-state index in [0.717, 1.165) is 36.0 Å². The standard InChI is InChI=1S/C22H24Cl2N4O2/c1-26-19-8-7-17(11-20(19)27(2)22(26)30)25-21(29)15-4-3-9-28(13-15)12-14-5-6-16(23)10-18(14)24/h5-8,10-11,15H,3-4,9,12-13H2,1-2H3,(H,25,29). The van der Waals surface area contributed by atoms with E-state index in [2.05, 4.69) is 10.2 Å². The fourth-order valence-corrected chi connectivity index (χ4v) is 4.60. The highest BCUT2D eigenvalue weighted by atomic mass is 35.5. The van der Waals surface area contributed by atoms with Gasteiger partial charge < -0.3 is 5.32 Å². The highest BCUT2D eigenvalue weighted by Gasteiger charge is 2.26. The summed E-state index contributed by atoms with van der Waals surface area (Å²) in [6.45, 7) is 2.30. The Balaban J connectivity index is 1.45. The Hall–Kier alpha value is -2.28. The molecular formula is C22H24Cl2N4O2. The molecule has 1 unspecified atom stereocenters. The van der Waals surface area contributed by atoms with Crippen molar-refractivity contribution in [3.8, 4) is 0 Å². The van der Waals surface area contributed by atoms with Crippen molar-refractivity contribution in [1.29, 1.82) is 0 Å². The van der Waals surface area contributed by atoms with E-state index >= 15 is 0 Å². The number of aryl methyl sites for hydroxylation is 2. The van der Waals surface area contributed by atoms with Gasteiger partial charge in [0.15, 0.2) is 0 Å². The second kappa shape index (κ2) is 8.46. The van der Waals surface area contributed by atoms with Crippen LogP contribution in [0.1, 0.15) is 18.4 Å². The Morgan fingerprint density at radius 3 is 2.63 bits per heavy atom. The number of amides is 1. The number of piperidine rings is 1. The lowest BCUT2D eigenvalue weighted by atomic mass is 9.96. The van der Waals surface area contributed by atoms with Gasteiger partial charge in [-0.3, -0.25) is 18.8 Å². The molecule has 0 saturated carbocycles. The molecule has 2 heterocycles. The number of nitrogens with one attached hydrogen (secondary N) is 1. The van der Waals surface area contributed by atoms with E-state index in [4.69, 9.17) is 23.2 Å². The number of carbonyl (C=O) groups excluding carboxylic acids is 1. The first kappa shape index (κ1) is 21.0. The van der Waals surface area contributed by atoms with Gasteiger partial charge in [0.25, 0.3) is 0 Å². The minimum atomic E-state index is -0.0971. The maximum absolute atomic E-state index is 12.9. The lowest BCUT2D eigenvalue weighted by molar-refractivity contribution is -0.121. The Kier molecular flexibility index (Phi) is 5.91. The number of imidazole rings is 1. The van der Waals surface area contributed by atoms with Crippen LogP contribution in [-0.4, -0.2) is 33.0 Å². The summed E-state index contributed by atoms with van der Waals surface area (Å²) in [5.41, 5.74) is 3.26. The van der Waals surface area contributed by atoms with Gasteiger partial charge >= 0.3 is 5.69 Å². The number of hydrogen-bond donors (Lipinski definition) is 1. The highest BCUT2D eigenvalue weighted by molar-refractivity contribution is 6.35. The molecule has 0 aliphatic carbocycles. The summed E-state index contributed by atoms with van der Waals surface area (Å²) in [5.74, 6) is -0.0951. The van der Waals surface area contributed by atoms with Gasteiger partial charge in [0.05, 0.1) is 17.0 Å². The lowest BCUT2D eigenvalue weighted by Crippen LogP contribution is -2.40.